The number of rotatable bonds is 1. The van der Waals surface area contributed by atoms with Crippen LogP contribution in [-0.4, -0.2) is 12.6 Å². The van der Waals surface area contributed by atoms with E-state index in [0.717, 1.165) is 6.07 Å². The maximum atomic E-state index is 12.8. The Balaban J connectivity index is 2.49. The van der Waals surface area contributed by atoms with Crippen LogP contribution in [0.1, 0.15) is 18.1 Å². The number of alkyl halides is 3. The van der Waals surface area contributed by atoms with Crippen LogP contribution >= 0.6 is 0 Å². The van der Waals surface area contributed by atoms with Gasteiger partial charge in [-0.25, -0.2) is 4.79 Å². The topological polar surface area (TPSA) is 38.3 Å². The van der Waals surface area contributed by atoms with Gasteiger partial charge in [0.2, 0.25) is 0 Å². The number of cyclic esters (lactones) is 1. The smallest absolute Gasteiger partial charge is 0.416 e. The number of hydrogen-bond acceptors (Lipinski definition) is 2. The Bertz CT molecular complexity index is 458. The first kappa shape index (κ1) is 11.8. The lowest BCUT2D eigenvalue weighted by Gasteiger charge is -2.25. The second kappa shape index (κ2) is 3.65. The molecular weight excluding hydrogens is 235 g/mol. The van der Waals surface area contributed by atoms with Crippen molar-refractivity contribution in [2.75, 3.05) is 6.54 Å². The Morgan fingerprint density at radius 2 is 2.00 bits per heavy atom. The fourth-order valence-corrected chi connectivity index (χ4v) is 1.86. The molecule has 1 amide bonds. The highest BCUT2D eigenvalue weighted by molar-refractivity contribution is 5.70. The molecule has 1 aromatic carbocycles. The Kier molecular flexibility index (Phi) is 2.52. The number of halogens is 3. The first-order chi connectivity index (χ1) is 7.83. The Labute approximate surface area is 95.6 Å². The molecule has 1 unspecified atom stereocenters. The van der Waals surface area contributed by atoms with Gasteiger partial charge >= 0.3 is 12.3 Å². The molecule has 1 aliphatic heterocycles. The Morgan fingerprint density at radius 1 is 1.35 bits per heavy atom. The lowest BCUT2D eigenvalue weighted by molar-refractivity contribution is -0.140. The highest BCUT2D eigenvalue weighted by Gasteiger charge is 2.44. The van der Waals surface area contributed by atoms with Gasteiger partial charge in [-0.1, -0.05) is 18.2 Å². The van der Waals surface area contributed by atoms with Crippen molar-refractivity contribution in [3.05, 3.63) is 35.4 Å². The van der Waals surface area contributed by atoms with Crippen LogP contribution in [0.25, 0.3) is 0 Å². The summed E-state index contributed by atoms with van der Waals surface area (Å²) in [7, 11) is 0. The van der Waals surface area contributed by atoms with Gasteiger partial charge in [-0.3, -0.25) is 0 Å². The minimum Gasteiger partial charge on any atom is -0.436 e. The third kappa shape index (κ3) is 2.07. The van der Waals surface area contributed by atoms with Crippen LogP contribution in [0.5, 0.6) is 0 Å². The lowest BCUT2D eigenvalue weighted by Crippen LogP contribution is -2.29. The summed E-state index contributed by atoms with van der Waals surface area (Å²) >= 11 is 0. The SMILES string of the molecule is CC1(c2ccccc2C(F)(F)F)CNC(=O)O1. The second-order valence-electron chi connectivity index (χ2n) is 4.02. The molecule has 0 aliphatic carbocycles. The summed E-state index contributed by atoms with van der Waals surface area (Å²) in [5.74, 6) is 0. The minimum atomic E-state index is -4.46. The summed E-state index contributed by atoms with van der Waals surface area (Å²) in [4.78, 5) is 11.0. The van der Waals surface area contributed by atoms with Crippen molar-refractivity contribution < 1.29 is 22.7 Å². The molecule has 3 nitrogen and oxygen atoms in total. The monoisotopic (exact) mass is 245 g/mol. The maximum absolute atomic E-state index is 12.8. The highest BCUT2D eigenvalue weighted by atomic mass is 19.4. The van der Waals surface area contributed by atoms with E-state index in [1.807, 2.05) is 0 Å². The first-order valence-electron chi connectivity index (χ1n) is 4.96. The van der Waals surface area contributed by atoms with Crippen molar-refractivity contribution in [3.8, 4) is 0 Å². The van der Waals surface area contributed by atoms with Crippen molar-refractivity contribution in [1.82, 2.24) is 5.32 Å². The van der Waals surface area contributed by atoms with E-state index in [-0.39, 0.29) is 12.1 Å². The molecule has 1 N–H and O–H groups in total. The summed E-state index contributed by atoms with van der Waals surface area (Å²) in [5.41, 5.74) is -2.09. The first-order valence-corrected chi connectivity index (χ1v) is 4.96. The zero-order chi connectivity index (χ0) is 12.7. The normalized spacial score (nSPS) is 24.4. The molecule has 0 radical (unpaired) electrons. The summed E-state index contributed by atoms with van der Waals surface area (Å²) in [6.45, 7) is 1.48. The van der Waals surface area contributed by atoms with Crippen LogP contribution in [0.15, 0.2) is 24.3 Å². The van der Waals surface area contributed by atoms with Crippen molar-refractivity contribution in [2.45, 2.75) is 18.7 Å². The molecule has 1 aliphatic rings. The van der Waals surface area contributed by atoms with Crippen LogP contribution in [0.2, 0.25) is 0 Å². The molecular formula is C11H10F3NO2. The molecule has 1 atom stereocenters. The van der Waals surface area contributed by atoms with Crippen LogP contribution in [0.3, 0.4) is 0 Å². The highest BCUT2D eigenvalue weighted by Crippen LogP contribution is 2.39. The number of alkyl carbamates (subject to hydrolysis) is 1. The number of hydrogen-bond donors (Lipinski definition) is 1. The molecule has 1 fully saturated rings. The van der Waals surface area contributed by atoms with E-state index in [9.17, 15) is 18.0 Å². The van der Waals surface area contributed by atoms with E-state index in [1.54, 1.807) is 0 Å². The largest absolute Gasteiger partial charge is 0.436 e. The summed E-state index contributed by atoms with van der Waals surface area (Å²) < 4.78 is 43.3. The lowest BCUT2D eigenvalue weighted by atomic mass is 9.91. The molecule has 6 heteroatoms. The van der Waals surface area contributed by atoms with Crippen molar-refractivity contribution in [3.63, 3.8) is 0 Å². The van der Waals surface area contributed by atoms with E-state index < -0.39 is 23.4 Å². The Hall–Kier alpha value is -1.72. The van der Waals surface area contributed by atoms with E-state index in [4.69, 9.17) is 4.74 Å². The van der Waals surface area contributed by atoms with E-state index in [0.29, 0.717) is 0 Å². The van der Waals surface area contributed by atoms with E-state index >= 15 is 0 Å². The van der Waals surface area contributed by atoms with Gasteiger partial charge in [0.15, 0.2) is 5.60 Å². The third-order valence-electron chi connectivity index (χ3n) is 2.69. The van der Waals surface area contributed by atoms with Gasteiger partial charge in [0.05, 0.1) is 12.1 Å². The molecule has 1 aromatic rings. The van der Waals surface area contributed by atoms with Crippen molar-refractivity contribution in [2.24, 2.45) is 0 Å². The molecule has 0 bridgehead atoms. The van der Waals surface area contributed by atoms with Gasteiger partial charge in [-0.05, 0) is 13.0 Å². The van der Waals surface area contributed by atoms with Crippen molar-refractivity contribution in [1.29, 1.82) is 0 Å². The van der Waals surface area contributed by atoms with Gasteiger partial charge in [-0.15, -0.1) is 0 Å². The van der Waals surface area contributed by atoms with Crippen LogP contribution in [0.4, 0.5) is 18.0 Å². The number of ether oxygens (including phenoxy) is 1. The average Bonchev–Trinajstić information content (AvgIpc) is 2.59. The summed E-state index contributed by atoms with van der Waals surface area (Å²) in [6.07, 6.45) is -5.17. The summed E-state index contributed by atoms with van der Waals surface area (Å²) in [5, 5.41) is 2.36. The third-order valence-corrected chi connectivity index (χ3v) is 2.69. The Morgan fingerprint density at radius 3 is 2.53 bits per heavy atom. The van der Waals surface area contributed by atoms with Gasteiger partial charge in [-0.2, -0.15) is 13.2 Å². The van der Waals surface area contributed by atoms with E-state index in [2.05, 4.69) is 5.32 Å². The quantitative estimate of drug-likeness (QED) is 0.826. The number of carbonyl (C=O) groups excluding carboxylic acids is 1. The number of amides is 1. The molecule has 0 aromatic heterocycles. The fraction of sp³-hybridized carbons (Fsp3) is 0.364. The predicted molar refractivity (Wildman–Crippen MR) is 53.3 cm³/mol. The number of carbonyl (C=O) groups is 1. The van der Waals surface area contributed by atoms with Crippen LogP contribution < -0.4 is 5.32 Å². The summed E-state index contributed by atoms with van der Waals surface area (Å²) in [6, 6.07) is 5.09. The molecule has 1 saturated heterocycles. The van der Waals surface area contributed by atoms with Gasteiger partial charge in [0.1, 0.15) is 0 Å². The van der Waals surface area contributed by atoms with Gasteiger partial charge < -0.3 is 10.1 Å². The molecule has 0 saturated carbocycles. The predicted octanol–water partition coefficient (Wildman–Crippen LogP) is 2.66. The molecule has 0 spiro atoms. The molecule has 1 heterocycles. The van der Waals surface area contributed by atoms with Crippen LogP contribution in [-0.2, 0) is 16.5 Å². The van der Waals surface area contributed by atoms with E-state index in [1.165, 1.54) is 25.1 Å². The van der Waals surface area contributed by atoms with Gasteiger partial charge in [0.25, 0.3) is 0 Å². The molecule has 92 valence electrons. The number of nitrogens with one attached hydrogen (secondary N) is 1. The second-order valence-corrected chi connectivity index (χ2v) is 4.02. The van der Waals surface area contributed by atoms with Crippen molar-refractivity contribution >= 4 is 6.09 Å². The molecule has 17 heavy (non-hydrogen) atoms. The minimum absolute atomic E-state index is 0.0267. The maximum Gasteiger partial charge on any atom is 0.416 e. The standard InChI is InChI=1S/C11H10F3NO2/c1-10(6-15-9(16)17-10)7-4-2-3-5-8(7)11(12,13)14/h2-5H,6H2,1H3,(H,15,16). The zero-order valence-corrected chi connectivity index (χ0v) is 8.97. The average molecular weight is 245 g/mol. The zero-order valence-electron chi connectivity index (χ0n) is 8.97. The fourth-order valence-electron chi connectivity index (χ4n) is 1.86. The molecule has 2 rings (SSSR count). The number of benzene rings is 1. The van der Waals surface area contributed by atoms with Gasteiger partial charge in [0, 0.05) is 5.56 Å². The van der Waals surface area contributed by atoms with Crippen LogP contribution in [0, 0.1) is 0 Å².